The van der Waals surface area contributed by atoms with Crippen molar-refractivity contribution >= 4 is 48.9 Å². The molecular formula is C19H38N4O4S2. The predicted molar refractivity (Wildman–Crippen MR) is 123 cm³/mol. The van der Waals surface area contributed by atoms with Crippen LogP contribution in [0.3, 0.4) is 0 Å². The zero-order chi connectivity index (χ0) is 22.5. The molecule has 0 aliphatic carbocycles. The van der Waals surface area contributed by atoms with Gasteiger partial charge >= 0.3 is 0 Å². The van der Waals surface area contributed by atoms with E-state index in [-0.39, 0.29) is 41.7 Å². The van der Waals surface area contributed by atoms with Gasteiger partial charge in [0.2, 0.25) is 23.6 Å². The molecule has 0 heterocycles. The van der Waals surface area contributed by atoms with Gasteiger partial charge in [0, 0.05) is 26.1 Å². The fourth-order valence-corrected chi connectivity index (χ4v) is 2.10. The lowest BCUT2D eigenvalue weighted by atomic mass is 10.1. The molecule has 0 fully saturated rings. The fourth-order valence-electron chi connectivity index (χ4n) is 1.90. The molecule has 0 bridgehead atoms. The molecule has 0 aliphatic heterocycles. The maximum Gasteiger partial charge on any atom is 0.242 e. The summed E-state index contributed by atoms with van der Waals surface area (Å²) in [5.74, 6) is -0.731. The van der Waals surface area contributed by atoms with Gasteiger partial charge in [-0.3, -0.25) is 19.2 Å². The quantitative estimate of drug-likeness (QED) is 0.175. The molecule has 170 valence electrons. The van der Waals surface area contributed by atoms with Gasteiger partial charge in [-0.1, -0.05) is 33.6 Å². The smallest absolute Gasteiger partial charge is 0.242 e. The molecule has 0 aliphatic rings. The highest BCUT2D eigenvalue weighted by molar-refractivity contribution is 7.81. The van der Waals surface area contributed by atoms with Crippen LogP contribution in [0, 0.1) is 0 Å². The van der Waals surface area contributed by atoms with E-state index in [1.54, 1.807) is 6.92 Å². The zero-order valence-electron chi connectivity index (χ0n) is 17.9. The topological polar surface area (TPSA) is 116 Å². The molecular weight excluding hydrogens is 412 g/mol. The minimum atomic E-state index is -0.665. The Hall–Kier alpha value is -1.42. The van der Waals surface area contributed by atoms with Crippen LogP contribution >= 0.6 is 25.3 Å². The third kappa shape index (κ3) is 19.7. The Morgan fingerprint density at radius 1 is 0.724 bits per heavy atom. The summed E-state index contributed by atoms with van der Waals surface area (Å²) in [6, 6.07) is -0.665. The van der Waals surface area contributed by atoms with Crippen molar-refractivity contribution < 1.29 is 19.2 Å². The van der Waals surface area contributed by atoms with Gasteiger partial charge in [-0.25, -0.2) is 0 Å². The zero-order valence-corrected chi connectivity index (χ0v) is 19.7. The van der Waals surface area contributed by atoms with Crippen LogP contribution in [0.5, 0.6) is 0 Å². The van der Waals surface area contributed by atoms with Gasteiger partial charge in [0.25, 0.3) is 0 Å². The van der Waals surface area contributed by atoms with E-state index in [9.17, 15) is 19.2 Å². The Labute approximate surface area is 185 Å². The summed E-state index contributed by atoms with van der Waals surface area (Å²) in [4.78, 5) is 45.9. The highest BCUT2D eigenvalue weighted by Gasteiger charge is 2.19. The first-order valence-electron chi connectivity index (χ1n) is 10.2. The van der Waals surface area contributed by atoms with Crippen LogP contribution < -0.4 is 21.3 Å². The number of nitrogens with one attached hydrogen (secondary N) is 4. The van der Waals surface area contributed by atoms with Crippen molar-refractivity contribution in [2.24, 2.45) is 0 Å². The highest BCUT2D eigenvalue weighted by atomic mass is 32.1. The molecule has 29 heavy (non-hydrogen) atoms. The van der Waals surface area contributed by atoms with E-state index < -0.39 is 6.04 Å². The van der Waals surface area contributed by atoms with Crippen LogP contribution in [0.1, 0.15) is 59.3 Å². The molecule has 0 radical (unpaired) electrons. The fraction of sp³-hybridized carbons (Fsp3) is 0.789. The number of rotatable bonds is 14. The molecule has 0 saturated carbocycles. The normalized spacial score (nSPS) is 10.8. The largest absolute Gasteiger partial charge is 0.355 e. The lowest BCUT2D eigenvalue weighted by Crippen LogP contribution is -2.48. The number of carbonyl (C=O) groups excluding carboxylic acids is 4. The summed E-state index contributed by atoms with van der Waals surface area (Å²) >= 11 is 7.75. The van der Waals surface area contributed by atoms with E-state index in [0.717, 1.165) is 0 Å². The Morgan fingerprint density at radius 2 is 1.28 bits per heavy atom. The van der Waals surface area contributed by atoms with Crippen LogP contribution in [0.2, 0.25) is 0 Å². The summed E-state index contributed by atoms with van der Waals surface area (Å²) < 4.78 is 0. The summed E-state index contributed by atoms with van der Waals surface area (Å²) in [6.45, 7) is 7.23. The van der Waals surface area contributed by atoms with Gasteiger partial charge < -0.3 is 21.3 Å². The van der Waals surface area contributed by atoms with Gasteiger partial charge in [0.15, 0.2) is 0 Å². The summed E-state index contributed by atoms with van der Waals surface area (Å²) in [7, 11) is 0. The molecule has 4 amide bonds. The maximum absolute atomic E-state index is 12.2. The van der Waals surface area contributed by atoms with Gasteiger partial charge in [0.1, 0.15) is 6.04 Å². The van der Waals surface area contributed by atoms with E-state index in [1.807, 2.05) is 0 Å². The molecule has 0 aromatic carbocycles. The molecule has 0 saturated heterocycles. The van der Waals surface area contributed by atoms with E-state index >= 15 is 0 Å². The monoisotopic (exact) mass is 450 g/mol. The Balaban J connectivity index is 0. The lowest BCUT2D eigenvalue weighted by molar-refractivity contribution is -0.128. The average molecular weight is 451 g/mol. The first kappa shape index (κ1) is 29.8. The third-order valence-electron chi connectivity index (χ3n) is 3.75. The minimum Gasteiger partial charge on any atom is -0.355 e. The van der Waals surface area contributed by atoms with E-state index in [4.69, 9.17) is 0 Å². The second-order valence-electron chi connectivity index (χ2n) is 6.28. The standard InChI is InChI=1S/C15H28N4O4S2.C4H10/c1-2-12(20)17-7-8-18-15(23)11(19-14(22)10-25)5-3-4-6-16-13(21)9-24;1-3-4-2/h11,24-25H,2-10H2,1H3,(H,16,21)(H,17,20)(H,18,23)(H,19,22);3-4H2,1-2H3/t11-;/m0./s1. The SMILES string of the molecule is CCC(=O)NCCNC(=O)[C@H](CCCCNC(=O)CS)NC(=O)CS.CCCC. The van der Waals surface area contributed by atoms with Crippen molar-refractivity contribution in [2.45, 2.75) is 65.3 Å². The second-order valence-corrected chi connectivity index (χ2v) is 6.91. The number of hydrogen-bond acceptors (Lipinski definition) is 6. The first-order chi connectivity index (χ1) is 13.9. The molecule has 0 spiro atoms. The number of unbranched alkanes of at least 4 members (excludes halogenated alkanes) is 2. The Kier molecular flexibility index (Phi) is 21.9. The van der Waals surface area contributed by atoms with Gasteiger partial charge in [-0.05, 0) is 19.3 Å². The van der Waals surface area contributed by atoms with Crippen molar-refractivity contribution in [1.82, 2.24) is 21.3 Å². The van der Waals surface area contributed by atoms with Gasteiger partial charge in [-0.15, -0.1) is 0 Å². The van der Waals surface area contributed by atoms with Gasteiger partial charge in [0.05, 0.1) is 11.5 Å². The van der Waals surface area contributed by atoms with Crippen molar-refractivity contribution in [3.63, 3.8) is 0 Å². The van der Waals surface area contributed by atoms with Crippen LogP contribution in [-0.4, -0.2) is 60.8 Å². The first-order valence-corrected chi connectivity index (χ1v) is 11.4. The molecule has 0 aromatic rings. The van der Waals surface area contributed by atoms with Crippen molar-refractivity contribution in [3.05, 3.63) is 0 Å². The van der Waals surface area contributed by atoms with Crippen molar-refractivity contribution in [1.29, 1.82) is 0 Å². The average Bonchev–Trinajstić information content (AvgIpc) is 2.74. The van der Waals surface area contributed by atoms with E-state index in [0.29, 0.717) is 38.8 Å². The number of amides is 4. The van der Waals surface area contributed by atoms with Gasteiger partial charge in [-0.2, -0.15) is 25.3 Å². The lowest BCUT2D eigenvalue weighted by Gasteiger charge is -2.18. The van der Waals surface area contributed by atoms with Crippen molar-refractivity contribution in [3.8, 4) is 0 Å². The van der Waals surface area contributed by atoms with Crippen LogP contribution in [0.4, 0.5) is 0 Å². The highest BCUT2D eigenvalue weighted by Crippen LogP contribution is 2.02. The molecule has 0 aromatic heterocycles. The predicted octanol–water partition coefficient (Wildman–Crippen LogP) is 1.07. The third-order valence-corrected chi connectivity index (χ3v) is 4.32. The van der Waals surface area contributed by atoms with Crippen LogP contribution in [0.15, 0.2) is 0 Å². The Bertz CT molecular complexity index is 477. The molecule has 0 unspecified atom stereocenters. The summed E-state index contributed by atoms with van der Waals surface area (Å²) in [6.07, 6.45) is 4.82. The number of hydrogen-bond donors (Lipinski definition) is 6. The molecule has 10 heteroatoms. The minimum absolute atomic E-state index is 0.00562. The van der Waals surface area contributed by atoms with Crippen molar-refractivity contribution in [2.75, 3.05) is 31.1 Å². The number of thiol groups is 2. The number of carbonyl (C=O) groups is 4. The van der Waals surface area contributed by atoms with E-state index in [2.05, 4.69) is 60.4 Å². The molecule has 4 N–H and O–H groups in total. The molecule has 0 rings (SSSR count). The summed E-state index contributed by atoms with van der Waals surface area (Å²) in [5, 5.41) is 10.7. The molecule has 1 atom stereocenters. The van der Waals surface area contributed by atoms with E-state index in [1.165, 1.54) is 12.8 Å². The summed E-state index contributed by atoms with van der Waals surface area (Å²) in [5.41, 5.74) is 0. The van der Waals surface area contributed by atoms with Crippen LogP contribution in [-0.2, 0) is 19.2 Å². The Morgan fingerprint density at radius 3 is 1.79 bits per heavy atom. The van der Waals surface area contributed by atoms with Crippen LogP contribution in [0.25, 0.3) is 0 Å². The second kappa shape index (κ2) is 21.3. The maximum atomic E-state index is 12.2. The molecule has 8 nitrogen and oxygen atoms in total.